The van der Waals surface area contributed by atoms with Gasteiger partial charge in [0.2, 0.25) is 0 Å². The second-order valence-electron chi connectivity index (χ2n) is 6.63. The molecule has 1 spiro atoms. The smallest absolute Gasteiger partial charge is 0.157 e. The van der Waals surface area contributed by atoms with Crippen LogP contribution in [0.5, 0.6) is 0 Å². The number of hydrogen-bond acceptors (Lipinski definition) is 3. The summed E-state index contributed by atoms with van der Waals surface area (Å²) in [7, 11) is 1.98. The fourth-order valence-electron chi connectivity index (χ4n) is 3.35. The predicted octanol–water partition coefficient (Wildman–Crippen LogP) is 3.12. The minimum Gasteiger partial charge on any atom is -0.359 e. The summed E-state index contributed by atoms with van der Waals surface area (Å²) in [4.78, 5) is 4.80. The van der Waals surface area contributed by atoms with Crippen LogP contribution in [0.4, 0.5) is 0 Å². The zero-order chi connectivity index (χ0) is 14.9. The molecule has 1 N–H and O–H groups in total. The SMILES string of the molecule is CCc1nn(C)cc1CN=C1NC2(CCC(C)CC2)CS1. The molecular weight excluding hydrogens is 280 g/mol. The van der Waals surface area contributed by atoms with E-state index in [0.717, 1.165) is 24.1 Å². The van der Waals surface area contributed by atoms with Gasteiger partial charge in [-0.2, -0.15) is 5.10 Å². The summed E-state index contributed by atoms with van der Waals surface area (Å²) in [5, 5.41) is 9.35. The average Bonchev–Trinajstić information content (AvgIpc) is 3.04. The summed E-state index contributed by atoms with van der Waals surface area (Å²) < 4.78 is 1.90. The van der Waals surface area contributed by atoms with Crippen LogP contribution in [0.1, 0.15) is 50.8 Å². The molecule has 1 aromatic rings. The van der Waals surface area contributed by atoms with Crippen molar-refractivity contribution in [3.8, 4) is 0 Å². The van der Waals surface area contributed by atoms with Gasteiger partial charge in [-0.1, -0.05) is 25.6 Å². The molecule has 116 valence electrons. The first-order valence-corrected chi connectivity index (χ1v) is 9.05. The first kappa shape index (κ1) is 14.9. The van der Waals surface area contributed by atoms with Crippen LogP contribution in [0, 0.1) is 5.92 Å². The van der Waals surface area contributed by atoms with Crippen molar-refractivity contribution < 1.29 is 0 Å². The van der Waals surface area contributed by atoms with E-state index in [-0.39, 0.29) is 0 Å². The number of aliphatic imine (C=N–C) groups is 1. The van der Waals surface area contributed by atoms with Gasteiger partial charge in [0.1, 0.15) is 0 Å². The Balaban J connectivity index is 1.63. The van der Waals surface area contributed by atoms with Gasteiger partial charge in [-0.15, -0.1) is 0 Å². The molecule has 21 heavy (non-hydrogen) atoms. The van der Waals surface area contributed by atoms with Crippen molar-refractivity contribution in [1.29, 1.82) is 0 Å². The third kappa shape index (κ3) is 3.28. The van der Waals surface area contributed by atoms with Crippen LogP contribution in [0.2, 0.25) is 0 Å². The van der Waals surface area contributed by atoms with Gasteiger partial charge >= 0.3 is 0 Å². The maximum absolute atomic E-state index is 4.80. The van der Waals surface area contributed by atoms with Crippen LogP contribution in [0.15, 0.2) is 11.2 Å². The Kier molecular flexibility index (Phi) is 4.29. The summed E-state index contributed by atoms with van der Waals surface area (Å²) in [6.45, 7) is 5.27. The van der Waals surface area contributed by atoms with E-state index < -0.39 is 0 Å². The lowest BCUT2D eigenvalue weighted by Gasteiger charge is -2.35. The van der Waals surface area contributed by atoms with Crippen LogP contribution in [-0.4, -0.2) is 26.2 Å². The molecule has 0 unspecified atom stereocenters. The Morgan fingerprint density at radius 3 is 2.95 bits per heavy atom. The largest absolute Gasteiger partial charge is 0.359 e. The fraction of sp³-hybridized carbons (Fsp3) is 0.750. The molecule has 1 saturated heterocycles. The van der Waals surface area contributed by atoms with Gasteiger partial charge in [-0.3, -0.25) is 9.67 Å². The molecule has 1 aliphatic heterocycles. The zero-order valence-corrected chi connectivity index (χ0v) is 14.2. The lowest BCUT2D eigenvalue weighted by molar-refractivity contribution is 0.251. The lowest BCUT2D eigenvalue weighted by atomic mass is 9.78. The molecule has 5 heteroatoms. The molecular formula is C16H26N4S. The first-order chi connectivity index (χ1) is 10.1. The van der Waals surface area contributed by atoms with Gasteiger partial charge < -0.3 is 5.32 Å². The van der Waals surface area contributed by atoms with Crippen molar-refractivity contribution in [3.05, 3.63) is 17.5 Å². The minimum absolute atomic E-state index is 0.332. The number of nitrogens with one attached hydrogen (secondary N) is 1. The summed E-state index contributed by atoms with van der Waals surface area (Å²) >= 11 is 1.90. The standard InChI is InChI=1S/C16H26N4S/c1-4-14-13(10-20(3)19-14)9-17-15-18-16(11-21-15)7-5-12(2)6-8-16/h10,12H,4-9,11H2,1-3H3,(H,17,18). The molecule has 0 aromatic carbocycles. The van der Waals surface area contributed by atoms with E-state index in [1.807, 2.05) is 23.5 Å². The summed E-state index contributed by atoms with van der Waals surface area (Å²) in [5.41, 5.74) is 2.76. The van der Waals surface area contributed by atoms with E-state index in [1.165, 1.54) is 42.7 Å². The molecule has 1 aromatic heterocycles. The number of nitrogens with zero attached hydrogens (tertiary/aromatic N) is 3. The first-order valence-electron chi connectivity index (χ1n) is 8.07. The summed E-state index contributed by atoms with van der Waals surface area (Å²) in [6.07, 6.45) is 8.37. The highest BCUT2D eigenvalue weighted by molar-refractivity contribution is 8.14. The van der Waals surface area contributed by atoms with Crippen LogP contribution in [0.25, 0.3) is 0 Å². The molecule has 1 saturated carbocycles. The van der Waals surface area contributed by atoms with Crippen LogP contribution in [-0.2, 0) is 20.0 Å². The van der Waals surface area contributed by atoms with Crippen LogP contribution < -0.4 is 5.32 Å². The Bertz CT molecular complexity index is 526. The molecule has 0 radical (unpaired) electrons. The number of aromatic nitrogens is 2. The van der Waals surface area contributed by atoms with E-state index in [0.29, 0.717) is 5.54 Å². The molecule has 0 atom stereocenters. The Hall–Kier alpha value is -0.970. The molecule has 4 nitrogen and oxygen atoms in total. The van der Waals surface area contributed by atoms with E-state index in [2.05, 4.69) is 30.5 Å². The summed E-state index contributed by atoms with van der Waals surface area (Å²) in [6, 6.07) is 0. The molecule has 2 aliphatic rings. The van der Waals surface area contributed by atoms with E-state index >= 15 is 0 Å². The molecule has 0 bridgehead atoms. The Morgan fingerprint density at radius 1 is 1.48 bits per heavy atom. The maximum Gasteiger partial charge on any atom is 0.157 e. The van der Waals surface area contributed by atoms with Crippen LogP contribution in [0.3, 0.4) is 0 Å². The monoisotopic (exact) mass is 306 g/mol. The molecule has 3 rings (SSSR count). The summed E-state index contributed by atoms with van der Waals surface area (Å²) in [5.74, 6) is 2.08. The zero-order valence-electron chi connectivity index (χ0n) is 13.4. The van der Waals surface area contributed by atoms with Crippen LogP contribution >= 0.6 is 11.8 Å². The van der Waals surface area contributed by atoms with Crippen molar-refractivity contribution in [2.45, 2.75) is 58.0 Å². The molecule has 0 amide bonds. The molecule has 2 fully saturated rings. The number of rotatable bonds is 3. The number of amidine groups is 1. The average molecular weight is 306 g/mol. The van der Waals surface area contributed by atoms with Crippen molar-refractivity contribution in [1.82, 2.24) is 15.1 Å². The van der Waals surface area contributed by atoms with Crippen molar-refractivity contribution in [3.63, 3.8) is 0 Å². The number of hydrogen-bond donors (Lipinski definition) is 1. The number of thioether (sulfide) groups is 1. The highest BCUT2D eigenvalue weighted by atomic mass is 32.2. The molecule has 2 heterocycles. The number of aryl methyl sites for hydroxylation is 2. The van der Waals surface area contributed by atoms with E-state index in [4.69, 9.17) is 4.99 Å². The normalized spacial score (nSPS) is 31.0. The Morgan fingerprint density at radius 2 is 2.24 bits per heavy atom. The van der Waals surface area contributed by atoms with E-state index in [9.17, 15) is 0 Å². The highest BCUT2D eigenvalue weighted by Crippen LogP contribution is 2.38. The van der Waals surface area contributed by atoms with Gasteiger partial charge in [-0.05, 0) is 38.0 Å². The van der Waals surface area contributed by atoms with Gasteiger partial charge in [-0.25, -0.2) is 0 Å². The molecule has 1 aliphatic carbocycles. The van der Waals surface area contributed by atoms with Crippen molar-refractivity contribution in [2.75, 3.05) is 5.75 Å². The second-order valence-corrected chi connectivity index (χ2v) is 7.59. The Labute approximate surface area is 131 Å². The van der Waals surface area contributed by atoms with E-state index in [1.54, 1.807) is 0 Å². The third-order valence-corrected chi connectivity index (χ3v) is 6.01. The van der Waals surface area contributed by atoms with Gasteiger partial charge in [0.15, 0.2) is 5.17 Å². The lowest BCUT2D eigenvalue weighted by Crippen LogP contribution is -2.46. The maximum atomic E-state index is 4.80. The highest BCUT2D eigenvalue weighted by Gasteiger charge is 2.39. The van der Waals surface area contributed by atoms with Gasteiger partial charge in [0.05, 0.1) is 12.2 Å². The van der Waals surface area contributed by atoms with Crippen molar-refractivity contribution in [2.24, 2.45) is 18.0 Å². The second kappa shape index (κ2) is 6.03. The quantitative estimate of drug-likeness (QED) is 0.933. The van der Waals surface area contributed by atoms with Gasteiger partial charge in [0, 0.05) is 30.1 Å². The van der Waals surface area contributed by atoms with Gasteiger partial charge in [0.25, 0.3) is 0 Å². The third-order valence-electron chi connectivity index (χ3n) is 4.81. The van der Waals surface area contributed by atoms with Crippen molar-refractivity contribution >= 4 is 16.9 Å². The fourth-order valence-corrected chi connectivity index (χ4v) is 4.56. The minimum atomic E-state index is 0.332. The predicted molar refractivity (Wildman–Crippen MR) is 89.7 cm³/mol. The topological polar surface area (TPSA) is 42.2 Å².